The molecule has 0 N–H and O–H groups in total. The number of hydrogen-bond acceptors (Lipinski definition) is 0. The molecule has 1 spiro atoms. The molecular formula is C41H32. The van der Waals surface area contributed by atoms with Crippen molar-refractivity contribution in [1.29, 1.82) is 0 Å². The van der Waals surface area contributed by atoms with Crippen molar-refractivity contribution in [2.45, 2.75) is 33.1 Å². The maximum atomic E-state index is 2.48. The Balaban J connectivity index is 1.49. The number of benzene rings is 6. The van der Waals surface area contributed by atoms with E-state index in [4.69, 9.17) is 0 Å². The van der Waals surface area contributed by atoms with Crippen molar-refractivity contribution in [3.63, 3.8) is 0 Å². The van der Waals surface area contributed by atoms with Crippen LogP contribution in [0.1, 0.15) is 44.5 Å². The van der Waals surface area contributed by atoms with Crippen LogP contribution in [0, 0.1) is 27.7 Å². The minimum atomic E-state index is -0.366. The van der Waals surface area contributed by atoms with E-state index in [1.807, 2.05) is 0 Å². The maximum absolute atomic E-state index is 2.48. The highest BCUT2D eigenvalue weighted by Gasteiger charge is 2.52. The molecule has 196 valence electrons. The van der Waals surface area contributed by atoms with E-state index in [0.29, 0.717) is 0 Å². The summed E-state index contributed by atoms with van der Waals surface area (Å²) < 4.78 is 0. The van der Waals surface area contributed by atoms with Crippen LogP contribution in [0.2, 0.25) is 0 Å². The van der Waals surface area contributed by atoms with Crippen LogP contribution in [0.3, 0.4) is 0 Å². The molecule has 0 atom stereocenters. The van der Waals surface area contributed by atoms with E-state index in [1.54, 1.807) is 0 Å². The zero-order chi connectivity index (χ0) is 27.9. The van der Waals surface area contributed by atoms with Gasteiger partial charge >= 0.3 is 0 Å². The van der Waals surface area contributed by atoms with Crippen LogP contribution in [0.25, 0.3) is 44.5 Å². The first kappa shape index (κ1) is 24.1. The molecule has 0 bridgehead atoms. The molecule has 6 aromatic carbocycles. The molecule has 2 aliphatic carbocycles. The van der Waals surface area contributed by atoms with Crippen LogP contribution in [0.5, 0.6) is 0 Å². The van der Waals surface area contributed by atoms with Gasteiger partial charge in [-0.05, 0) is 107 Å². The van der Waals surface area contributed by atoms with Crippen molar-refractivity contribution in [1.82, 2.24) is 0 Å². The van der Waals surface area contributed by atoms with Crippen molar-refractivity contribution < 1.29 is 0 Å². The Hall–Kier alpha value is -4.68. The lowest BCUT2D eigenvalue weighted by molar-refractivity contribution is 0.792. The Morgan fingerprint density at radius 3 is 0.976 bits per heavy atom. The van der Waals surface area contributed by atoms with Crippen molar-refractivity contribution in [2.24, 2.45) is 0 Å². The average molecular weight is 525 g/mol. The summed E-state index contributed by atoms with van der Waals surface area (Å²) in [6.45, 7) is 8.76. The highest BCUT2D eigenvalue weighted by atomic mass is 14.5. The Morgan fingerprint density at radius 2 is 0.585 bits per heavy atom. The van der Waals surface area contributed by atoms with E-state index >= 15 is 0 Å². The Bertz CT molecular complexity index is 1850. The number of hydrogen-bond donors (Lipinski definition) is 0. The number of fused-ring (bicyclic) bond motifs is 10. The summed E-state index contributed by atoms with van der Waals surface area (Å²) in [6.07, 6.45) is 0. The third-order valence-electron chi connectivity index (χ3n) is 9.36. The van der Waals surface area contributed by atoms with Gasteiger partial charge in [0, 0.05) is 0 Å². The van der Waals surface area contributed by atoms with Gasteiger partial charge in [0.15, 0.2) is 0 Å². The van der Waals surface area contributed by atoms with Crippen LogP contribution in [0.4, 0.5) is 0 Å². The molecule has 8 rings (SSSR count). The third kappa shape index (κ3) is 3.40. The summed E-state index contributed by atoms with van der Waals surface area (Å²) in [5.74, 6) is 0. The molecule has 0 saturated heterocycles. The van der Waals surface area contributed by atoms with E-state index in [9.17, 15) is 0 Å². The van der Waals surface area contributed by atoms with E-state index in [2.05, 4.69) is 149 Å². The Labute approximate surface area is 243 Å². The second kappa shape index (κ2) is 8.66. The molecule has 0 nitrogen and oxygen atoms in total. The van der Waals surface area contributed by atoms with Gasteiger partial charge < -0.3 is 0 Å². The van der Waals surface area contributed by atoms with E-state index in [1.165, 1.54) is 89.0 Å². The highest BCUT2D eigenvalue weighted by molar-refractivity contribution is 5.97. The SMILES string of the molecule is Cc1ccc(-c2ccc3c(c2)C2(c4cc(C)ccc4-c4ccc(C)cc42)c2cc(-c4ccc(C)cc4)ccc2-3)cc1. The molecule has 0 unspecified atom stereocenters. The lowest BCUT2D eigenvalue weighted by Gasteiger charge is -2.31. The van der Waals surface area contributed by atoms with Crippen LogP contribution in [-0.4, -0.2) is 0 Å². The fourth-order valence-electron chi connectivity index (χ4n) is 7.31. The molecular weight excluding hydrogens is 492 g/mol. The van der Waals surface area contributed by atoms with Gasteiger partial charge in [-0.1, -0.05) is 131 Å². The van der Waals surface area contributed by atoms with E-state index in [-0.39, 0.29) is 5.41 Å². The van der Waals surface area contributed by atoms with Crippen molar-refractivity contribution >= 4 is 0 Å². The van der Waals surface area contributed by atoms with Crippen molar-refractivity contribution in [2.75, 3.05) is 0 Å². The highest BCUT2D eigenvalue weighted by Crippen LogP contribution is 2.63. The monoisotopic (exact) mass is 524 g/mol. The van der Waals surface area contributed by atoms with Gasteiger partial charge in [0.2, 0.25) is 0 Å². The zero-order valence-corrected chi connectivity index (χ0v) is 24.0. The molecule has 2 aliphatic rings. The predicted molar refractivity (Wildman–Crippen MR) is 173 cm³/mol. The van der Waals surface area contributed by atoms with Gasteiger partial charge in [0.05, 0.1) is 5.41 Å². The minimum Gasteiger partial charge on any atom is -0.0587 e. The fourth-order valence-corrected chi connectivity index (χ4v) is 7.31. The van der Waals surface area contributed by atoms with Gasteiger partial charge in [-0.15, -0.1) is 0 Å². The second-order valence-electron chi connectivity index (χ2n) is 12.1. The average Bonchev–Trinajstić information content (AvgIpc) is 3.43. The first-order chi connectivity index (χ1) is 19.9. The molecule has 0 radical (unpaired) electrons. The first-order valence-electron chi connectivity index (χ1n) is 14.6. The summed E-state index contributed by atoms with van der Waals surface area (Å²) in [7, 11) is 0. The lowest BCUT2D eigenvalue weighted by atomic mass is 9.69. The van der Waals surface area contributed by atoms with Gasteiger partial charge in [0.25, 0.3) is 0 Å². The molecule has 0 aliphatic heterocycles. The normalized spacial score (nSPS) is 13.6. The Kier molecular flexibility index (Phi) is 5.10. The lowest BCUT2D eigenvalue weighted by Crippen LogP contribution is -2.26. The topological polar surface area (TPSA) is 0 Å². The molecule has 0 amide bonds. The van der Waals surface area contributed by atoms with Crippen LogP contribution in [0.15, 0.2) is 121 Å². The second-order valence-corrected chi connectivity index (χ2v) is 12.1. The Morgan fingerprint density at radius 1 is 0.293 bits per heavy atom. The molecule has 41 heavy (non-hydrogen) atoms. The van der Waals surface area contributed by atoms with E-state index in [0.717, 1.165) is 0 Å². The fraction of sp³-hybridized carbons (Fsp3) is 0.122. The molecule has 0 heterocycles. The van der Waals surface area contributed by atoms with Crippen molar-refractivity contribution in [3.8, 4) is 44.5 Å². The molecule has 0 fully saturated rings. The van der Waals surface area contributed by atoms with Crippen LogP contribution >= 0.6 is 0 Å². The van der Waals surface area contributed by atoms with E-state index < -0.39 is 0 Å². The molecule has 0 heteroatoms. The standard InChI is InChI=1S/C41H32/c1-25-5-11-29(12-6-25)31-15-19-35-36-20-16-32(30-13-7-26(2)8-14-30)24-40(36)41(39(35)23-31)37-21-27(3)9-17-33(37)34-18-10-28(4)22-38(34)41/h5-24H,1-4H3. The molecule has 0 aromatic heterocycles. The van der Waals surface area contributed by atoms with Crippen molar-refractivity contribution in [3.05, 3.63) is 166 Å². The summed E-state index contributed by atoms with van der Waals surface area (Å²) >= 11 is 0. The quantitative estimate of drug-likeness (QED) is 0.211. The summed E-state index contributed by atoms with van der Waals surface area (Å²) in [5, 5.41) is 0. The maximum Gasteiger partial charge on any atom is 0.0726 e. The summed E-state index contributed by atoms with van der Waals surface area (Å²) in [6, 6.07) is 46.3. The largest absolute Gasteiger partial charge is 0.0726 e. The summed E-state index contributed by atoms with van der Waals surface area (Å²) in [5.41, 5.74) is 20.8. The van der Waals surface area contributed by atoms with Crippen LogP contribution in [-0.2, 0) is 5.41 Å². The number of rotatable bonds is 2. The van der Waals surface area contributed by atoms with Gasteiger partial charge in [-0.2, -0.15) is 0 Å². The predicted octanol–water partition coefficient (Wildman–Crippen LogP) is 10.6. The number of aryl methyl sites for hydroxylation is 4. The smallest absolute Gasteiger partial charge is 0.0587 e. The molecule has 0 saturated carbocycles. The first-order valence-corrected chi connectivity index (χ1v) is 14.6. The van der Waals surface area contributed by atoms with Crippen LogP contribution < -0.4 is 0 Å². The van der Waals surface area contributed by atoms with Gasteiger partial charge in [-0.3, -0.25) is 0 Å². The van der Waals surface area contributed by atoms with Gasteiger partial charge in [0.1, 0.15) is 0 Å². The minimum absolute atomic E-state index is 0.366. The van der Waals surface area contributed by atoms with Gasteiger partial charge in [-0.25, -0.2) is 0 Å². The summed E-state index contributed by atoms with van der Waals surface area (Å²) in [4.78, 5) is 0. The zero-order valence-electron chi connectivity index (χ0n) is 24.0. The molecule has 6 aromatic rings. The third-order valence-corrected chi connectivity index (χ3v) is 9.36.